The molecule has 144 valence electrons. The van der Waals surface area contributed by atoms with Crippen molar-refractivity contribution in [2.75, 3.05) is 39.3 Å². The van der Waals surface area contributed by atoms with Gasteiger partial charge in [-0.2, -0.15) is 4.31 Å². The van der Waals surface area contributed by atoms with E-state index in [1.807, 2.05) is 18.2 Å². The third-order valence-corrected chi connectivity index (χ3v) is 8.07. The van der Waals surface area contributed by atoms with E-state index in [4.69, 9.17) is 4.74 Å². The lowest BCUT2D eigenvalue weighted by atomic mass is 9.92. The predicted octanol–water partition coefficient (Wildman–Crippen LogP) is 1.02. The zero-order valence-electron chi connectivity index (χ0n) is 15.6. The summed E-state index contributed by atoms with van der Waals surface area (Å²) in [6.45, 7) is 4.89. The summed E-state index contributed by atoms with van der Waals surface area (Å²) in [4.78, 5) is 1.96. The van der Waals surface area contributed by atoms with Gasteiger partial charge in [0.05, 0.1) is 31.1 Å². The number of nitrogens with one attached hydrogen (secondary N) is 1. The Morgan fingerprint density at radius 3 is 2.54 bits per heavy atom. The van der Waals surface area contributed by atoms with Crippen LogP contribution in [0.4, 0.5) is 0 Å². The Balaban J connectivity index is 1.38. The highest BCUT2D eigenvalue weighted by molar-refractivity contribution is 7.89. The molecule has 3 aliphatic rings. The summed E-state index contributed by atoms with van der Waals surface area (Å²) in [6.07, 6.45) is 8.44. The number of sulfonamides is 1. The number of ether oxygens (including phenoxy) is 1. The zero-order valence-corrected chi connectivity index (χ0v) is 16.4. The summed E-state index contributed by atoms with van der Waals surface area (Å²) < 4.78 is 33.7. The van der Waals surface area contributed by atoms with Gasteiger partial charge in [-0.25, -0.2) is 8.42 Å². The molecule has 0 amide bonds. The lowest BCUT2D eigenvalue weighted by Crippen LogP contribution is -3.15. The van der Waals surface area contributed by atoms with Crippen LogP contribution in [0.5, 0.6) is 0 Å². The van der Waals surface area contributed by atoms with Crippen molar-refractivity contribution < 1.29 is 18.1 Å². The Morgan fingerprint density at radius 2 is 1.81 bits per heavy atom. The zero-order chi connectivity index (χ0) is 18.0. The lowest BCUT2D eigenvalue weighted by molar-refractivity contribution is -0.907. The van der Waals surface area contributed by atoms with Gasteiger partial charge < -0.3 is 9.64 Å². The monoisotopic (exact) mass is 379 g/mol. The molecule has 0 radical (unpaired) electrons. The van der Waals surface area contributed by atoms with Crippen molar-refractivity contribution >= 4 is 10.0 Å². The maximum absolute atomic E-state index is 13.1. The predicted molar refractivity (Wildman–Crippen MR) is 101 cm³/mol. The Hall–Kier alpha value is -0.950. The van der Waals surface area contributed by atoms with E-state index in [2.05, 4.69) is 0 Å². The number of hydrogen-bond donors (Lipinski definition) is 1. The summed E-state index contributed by atoms with van der Waals surface area (Å²) in [5.74, 6) is 0. The third kappa shape index (κ3) is 3.98. The molecule has 0 unspecified atom stereocenters. The number of hydrogen-bond acceptors (Lipinski definition) is 3. The maximum atomic E-state index is 13.1. The number of rotatable bonds is 4. The van der Waals surface area contributed by atoms with Crippen LogP contribution in [0, 0.1) is 0 Å². The van der Waals surface area contributed by atoms with E-state index >= 15 is 0 Å². The topological polar surface area (TPSA) is 51.0 Å². The quantitative estimate of drug-likeness (QED) is 0.850. The highest BCUT2D eigenvalue weighted by Gasteiger charge is 2.32. The first-order valence-corrected chi connectivity index (χ1v) is 11.6. The van der Waals surface area contributed by atoms with Gasteiger partial charge in [0, 0.05) is 6.61 Å². The molecule has 0 bridgehead atoms. The molecule has 26 heavy (non-hydrogen) atoms. The normalized spacial score (nSPS) is 25.8. The standard InChI is InChI=1S/C20H30N2O3S/c23-26(24,20-9-8-17-5-1-2-6-18(17)15-20)22-12-10-21(11-13-22)16-19-7-3-4-14-25-19/h8-9,15,19H,1-7,10-14,16H2/p+1/t19-/m0/s1. The van der Waals surface area contributed by atoms with Crippen LogP contribution in [-0.4, -0.2) is 58.2 Å². The van der Waals surface area contributed by atoms with Crippen molar-refractivity contribution in [1.29, 1.82) is 0 Å². The molecule has 1 aromatic rings. The van der Waals surface area contributed by atoms with Gasteiger partial charge in [0.2, 0.25) is 10.0 Å². The average Bonchev–Trinajstić information content (AvgIpc) is 2.69. The Labute approximate surface area is 157 Å². The number of fused-ring (bicyclic) bond motifs is 1. The van der Waals surface area contributed by atoms with Crippen LogP contribution in [0.3, 0.4) is 0 Å². The van der Waals surface area contributed by atoms with E-state index in [0.29, 0.717) is 24.1 Å². The molecule has 2 saturated heterocycles. The van der Waals surface area contributed by atoms with Crippen molar-refractivity contribution in [2.45, 2.75) is 55.9 Å². The first kappa shape index (κ1) is 18.4. The van der Waals surface area contributed by atoms with Gasteiger partial charge in [-0.1, -0.05) is 6.07 Å². The second-order valence-electron chi connectivity index (χ2n) is 7.98. The number of quaternary nitrogens is 1. The fraction of sp³-hybridized carbons (Fsp3) is 0.700. The van der Waals surface area contributed by atoms with Crippen LogP contribution in [0.15, 0.2) is 23.1 Å². The fourth-order valence-corrected chi connectivity index (χ4v) is 6.05. The average molecular weight is 380 g/mol. The Bertz CT molecular complexity index is 721. The molecule has 1 aromatic carbocycles. The van der Waals surface area contributed by atoms with Crippen molar-refractivity contribution in [3.05, 3.63) is 29.3 Å². The fourth-order valence-electron chi connectivity index (χ4n) is 4.56. The van der Waals surface area contributed by atoms with E-state index in [1.54, 1.807) is 4.31 Å². The molecule has 6 heteroatoms. The van der Waals surface area contributed by atoms with E-state index < -0.39 is 10.0 Å². The molecule has 1 atom stereocenters. The number of piperazine rings is 1. The summed E-state index contributed by atoms with van der Waals surface area (Å²) in [7, 11) is -3.36. The molecule has 5 nitrogen and oxygen atoms in total. The largest absolute Gasteiger partial charge is 0.372 e. The Morgan fingerprint density at radius 1 is 1.04 bits per heavy atom. The van der Waals surface area contributed by atoms with E-state index in [-0.39, 0.29) is 0 Å². The maximum Gasteiger partial charge on any atom is 0.243 e. The minimum absolute atomic E-state index is 0.363. The van der Waals surface area contributed by atoms with Crippen molar-refractivity contribution in [3.63, 3.8) is 0 Å². The summed E-state index contributed by atoms with van der Waals surface area (Å²) >= 11 is 0. The molecule has 0 spiro atoms. The first-order chi connectivity index (χ1) is 12.6. The van der Waals surface area contributed by atoms with E-state index in [9.17, 15) is 8.42 Å². The number of nitrogens with zero attached hydrogens (tertiary/aromatic N) is 1. The number of benzene rings is 1. The van der Waals surface area contributed by atoms with Gasteiger partial charge in [-0.05, 0) is 68.2 Å². The van der Waals surface area contributed by atoms with Gasteiger partial charge in [0.1, 0.15) is 12.6 Å². The molecule has 4 rings (SSSR count). The molecule has 2 heterocycles. The van der Waals surface area contributed by atoms with E-state index in [1.165, 1.54) is 41.7 Å². The van der Waals surface area contributed by atoms with Crippen LogP contribution < -0.4 is 4.90 Å². The van der Waals surface area contributed by atoms with Crippen LogP contribution in [0.2, 0.25) is 0 Å². The highest BCUT2D eigenvalue weighted by atomic mass is 32.2. The minimum atomic E-state index is -3.36. The molecule has 0 saturated carbocycles. The molecule has 2 fully saturated rings. The first-order valence-electron chi connectivity index (χ1n) is 10.2. The van der Waals surface area contributed by atoms with Crippen molar-refractivity contribution in [2.24, 2.45) is 0 Å². The summed E-state index contributed by atoms with van der Waals surface area (Å²) in [6, 6.07) is 5.77. The molecular formula is C20H31N2O3S+. The van der Waals surface area contributed by atoms with Crippen LogP contribution in [0.25, 0.3) is 0 Å². The molecule has 1 N–H and O–H groups in total. The summed E-state index contributed by atoms with van der Waals surface area (Å²) in [5, 5.41) is 0. The SMILES string of the molecule is O=S(=O)(c1ccc2c(c1)CCCC2)N1CC[NH+](C[C@@H]2CCCCO2)CC1. The minimum Gasteiger partial charge on any atom is -0.372 e. The summed E-state index contributed by atoms with van der Waals surface area (Å²) in [5.41, 5.74) is 2.56. The molecule has 2 aliphatic heterocycles. The van der Waals surface area contributed by atoms with Crippen LogP contribution in [-0.2, 0) is 27.6 Å². The molecule has 1 aliphatic carbocycles. The lowest BCUT2D eigenvalue weighted by Gasteiger charge is -2.34. The van der Waals surface area contributed by atoms with Crippen LogP contribution >= 0.6 is 0 Å². The molecule has 0 aromatic heterocycles. The van der Waals surface area contributed by atoms with Crippen LogP contribution in [0.1, 0.15) is 43.2 Å². The van der Waals surface area contributed by atoms with Gasteiger partial charge in [-0.3, -0.25) is 0 Å². The van der Waals surface area contributed by atoms with Gasteiger partial charge in [0.15, 0.2) is 0 Å². The number of aryl methyl sites for hydroxylation is 2. The van der Waals surface area contributed by atoms with Crippen molar-refractivity contribution in [1.82, 2.24) is 4.31 Å². The van der Waals surface area contributed by atoms with E-state index in [0.717, 1.165) is 45.5 Å². The third-order valence-electron chi connectivity index (χ3n) is 6.18. The Kier molecular flexibility index (Phi) is 5.64. The van der Waals surface area contributed by atoms with Crippen molar-refractivity contribution in [3.8, 4) is 0 Å². The van der Waals surface area contributed by atoms with Gasteiger partial charge in [-0.15, -0.1) is 0 Å². The second-order valence-corrected chi connectivity index (χ2v) is 9.92. The van der Waals surface area contributed by atoms with Gasteiger partial charge in [0.25, 0.3) is 0 Å². The van der Waals surface area contributed by atoms with Gasteiger partial charge >= 0.3 is 0 Å². The smallest absolute Gasteiger partial charge is 0.243 e. The highest BCUT2D eigenvalue weighted by Crippen LogP contribution is 2.25. The second kappa shape index (κ2) is 7.97. The molecular weight excluding hydrogens is 348 g/mol.